The second kappa shape index (κ2) is 8.11. The molecular weight excluding hydrogens is 375 g/mol. The lowest BCUT2D eigenvalue weighted by atomic mass is 9.93. The van der Waals surface area contributed by atoms with Crippen molar-refractivity contribution in [3.05, 3.63) is 106 Å². The quantitative estimate of drug-likeness (QED) is 0.562. The molecule has 0 saturated heterocycles. The van der Waals surface area contributed by atoms with E-state index in [4.69, 9.17) is 0 Å². The predicted molar refractivity (Wildman–Crippen MR) is 108 cm³/mol. The van der Waals surface area contributed by atoms with Crippen LogP contribution in [-0.2, 0) is 6.18 Å². The van der Waals surface area contributed by atoms with Crippen LogP contribution in [0.4, 0.5) is 13.2 Å². The van der Waals surface area contributed by atoms with E-state index in [9.17, 15) is 18.0 Å². The summed E-state index contributed by atoms with van der Waals surface area (Å²) in [6.07, 6.45) is -4.40. The fourth-order valence-electron chi connectivity index (χ4n) is 3.44. The third kappa shape index (κ3) is 4.86. The second-order valence-corrected chi connectivity index (χ2v) is 7.26. The fourth-order valence-corrected chi connectivity index (χ4v) is 3.44. The molecular formula is C24H22F3NO. The number of aryl methyl sites for hydroxylation is 3. The Morgan fingerprint density at radius 2 is 1.45 bits per heavy atom. The molecule has 3 aromatic rings. The van der Waals surface area contributed by atoms with Gasteiger partial charge in [-0.05, 0) is 61.7 Å². The first-order chi connectivity index (χ1) is 13.6. The molecule has 0 spiro atoms. The van der Waals surface area contributed by atoms with Gasteiger partial charge in [0.25, 0.3) is 5.91 Å². The summed E-state index contributed by atoms with van der Waals surface area (Å²) < 4.78 is 38.8. The van der Waals surface area contributed by atoms with E-state index < -0.39 is 17.8 Å². The maximum Gasteiger partial charge on any atom is 0.416 e. The third-order valence-electron chi connectivity index (χ3n) is 4.83. The van der Waals surface area contributed by atoms with Gasteiger partial charge in [0.05, 0.1) is 11.6 Å². The first-order valence-electron chi connectivity index (χ1n) is 9.27. The van der Waals surface area contributed by atoms with E-state index in [2.05, 4.69) is 5.32 Å². The average molecular weight is 397 g/mol. The maximum absolute atomic E-state index is 13.0. The number of hydrogen-bond donors (Lipinski definition) is 1. The second-order valence-electron chi connectivity index (χ2n) is 7.26. The van der Waals surface area contributed by atoms with Gasteiger partial charge >= 0.3 is 6.18 Å². The summed E-state index contributed by atoms with van der Waals surface area (Å²) in [7, 11) is 0. The molecule has 3 rings (SSSR count). The van der Waals surface area contributed by atoms with Crippen molar-refractivity contribution in [3.63, 3.8) is 0 Å². The van der Waals surface area contributed by atoms with Gasteiger partial charge in [0.15, 0.2) is 0 Å². The van der Waals surface area contributed by atoms with Crippen LogP contribution in [0.2, 0.25) is 0 Å². The number of carbonyl (C=O) groups excluding carboxylic acids is 1. The van der Waals surface area contributed by atoms with Gasteiger partial charge in [-0.25, -0.2) is 0 Å². The molecule has 0 heterocycles. The highest BCUT2D eigenvalue weighted by molar-refractivity contribution is 5.95. The lowest BCUT2D eigenvalue weighted by molar-refractivity contribution is -0.137. The summed E-state index contributed by atoms with van der Waals surface area (Å²) in [5, 5.41) is 3.00. The number of rotatable bonds is 4. The number of halogens is 3. The first kappa shape index (κ1) is 20.6. The molecule has 0 aliphatic rings. The van der Waals surface area contributed by atoms with Crippen LogP contribution in [0.25, 0.3) is 0 Å². The molecule has 1 unspecified atom stereocenters. The smallest absolute Gasteiger partial charge is 0.341 e. The highest BCUT2D eigenvalue weighted by Crippen LogP contribution is 2.32. The molecule has 1 N–H and O–H groups in total. The van der Waals surface area contributed by atoms with Crippen molar-refractivity contribution in [2.24, 2.45) is 0 Å². The summed E-state index contributed by atoms with van der Waals surface area (Å²) in [4.78, 5) is 13.0. The minimum absolute atomic E-state index is 0.273. The summed E-state index contributed by atoms with van der Waals surface area (Å²) in [5.41, 5.74) is 4.11. The van der Waals surface area contributed by atoms with Crippen LogP contribution in [0.3, 0.4) is 0 Å². The van der Waals surface area contributed by atoms with Crippen molar-refractivity contribution in [2.45, 2.75) is 33.0 Å². The third-order valence-corrected chi connectivity index (χ3v) is 4.83. The van der Waals surface area contributed by atoms with Crippen molar-refractivity contribution in [1.29, 1.82) is 0 Å². The monoisotopic (exact) mass is 397 g/mol. The fraction of sp³-hybridized carbons (Fsp3) is 0.208. The summed E-state index contributed by atoms with van der Waals surface area (Å²) in [5.74, 6) is -0.273. The molecule has 3 aromatic carbocycles. The van der Waals surface area contributed by atoms with Crippen LogP contribution in [0.1, 0.15) is 49.8 Å². The number of hydrogen-bond acceptors (Lipinski definition) is 1. The van der Waals surface area contributed by atoms with Crippen LogP contribution in [0.15, 0.2) is 66.7 Å². The highest BCUT2D eigenvalue weighted by atomic mass is 19.4. The number of alkyl halides is 3. The van der Waals surface area contributed by atoms with Crippen LogP contribution in [-0.4, -0.2) is 5.91 Å². The Balaban J connectivity index is 2.00. The molecule has 150 valence electrons. The van der Waals surface area contributed by atoms with Gasteiger partial charge in [-0.15, -0.1) is 0 Å². The predicted octanol–water partition coefficient (Wildman–Crippen LogP) is 6.15. The summed E-state index contributed by atoms with van der Waals surface area (Å²) >= 11 is 0. The molecule has 0 aliphatic heterocycles. The van der Waals surface area contributed by atoms with Crippen molar-refractivity contribution < 1.29 is 18.0 Å². The summed E-state index contributed by atoms with van der Waals surface area (Å²) in [6, 6.07) is 17.5. The van der Waals surface area contributed by atoms with Gasteiger partial charge in [-0.2, -0.15) is 13.2 Å². The van der Waals surface area contributed by atoms with Gasteiger partial charge in [0, 0.05) is 5.56 Å². The lowest BCUT2D eigenvalue weighted by Crippen LogP contribution is -2.30. The van der Waals surface area contributed by atoms with E-state index in [0.717, 1.165) is 34.4 Å². The maximum atomic E-state index is 13.0. The Labute approximate surface area is 168 Å². The van der Waals surface area contributed by atoms with Crippen molar-refractivity contribution in [2.75, 3.05) is 0 Å². The SMILES string of the molecule is Cc1cc(C)cc(C(=O)NC(c2ccc(C(F)(F)F)cc2)c2ccccc2C)c1. The topological polar surface area (TPSA) is 29.1 Å². The van der Waals surface area contributed by atoms with Crippen LogP contribution < -0.4 is 5.32 Å². The van der Waals surface area contributed by atoms with E-state index in [0.29, 0.717) is 11.1 Å². The summed E-state index contributed by atoms with van der Waals surface area (Å²) in [6.45, 7) is 5.74. The van der Waals surface area contributed by atoms with Gasteiger partial charge in [0.1, 0.15) is 0 Å². The molecule has 29 heavy (non-hydrogen) atoms. The van der Waals surface area contributed by atoms with E-state index in [1.54, 1.807) is 12.1 Å². The standard InChI is InChI=1S/C24H22F3NO/c1-15-12-16(2)14-19(13-15)23(29)28-22(21-7-5-4-6-17(21)3)18-8-10-20(11-9-18)24(25,26)27/h4-14,22H,1-3H3,(H,28,29). The Morgan fingerprint density at radius 1 is 0.862 bits per heavy atom. The molecule has 0 bridgehead atoms. The van der Waals surface area contributed by atoms with Crippen LogP contribution >= 0.6 is 0 Å². The van der Waals surface area contributed by atoms with Crippen LogP contribution in [0, 0.1) is 20.8 Å². The minimum Gasteiger partial charge on any atom is -0.341 e. The molecule has 0 saturated carbocycles. The van der Waals surface area contributed by atoms with E-state index >= 15 is 0 Å². The molecule has 5 heteroatoms. The van der Waals surface area contributed by atoms with Gasteiger partial charge in [-0.3, -0.25) is 4.79 Å². The number of carbonyl (C=O) groups is 1. The van der Waals surface area contributed by atoms with E-state index in [1.165, 1.54) is 12.1 Å². The zero-order valence-corrected chi connectivity index (χ0v) is 16.5. The molecule has 0 aromatic heterocycles. The van der Waals surface area contributed by atoms with Crippen molar-refractivity contribution in [3.8, 4) is 0 Å². The Kier molecular flexibility index (Phi) is 5.78. The zero-order chi connectivity index (χ0) is 21.2. The van der Waals surface area contributed by atoms with Crippen molar-refractivity contribution >= 4 is 5.91 Å². The zero-order valence-electron chi connectivity index (χ0n) is 16.5. The Morgan fingerprint density at radius 3 is 2.00 bits per heavy atom. The minimum atomic E-state index is -4.40. The first-order valence-corrected chi connectivity index (χ1v) is 9.27. The van der Waals surface area contributed by atoms with Gasteiger partial charge < -0.3 is 5.32 Å². The molecule has 0 radical (unpaired) electrons. The number of amides is 1. The van der Waals surface area contributed by atoms with Crippen molar-refractivity contribution in [1.82, 2.24) is 5.32 Å². The normalized spacial score (nSPS) is 12.5. The van der Waals surface area contributed by atoms with E-state index in [1.807, 2.05) is 51.1 Å². The molecule has 1 amide bonds. The Hall–Kier alpha value is -3.08. The van der Waals surface area contributed by atoms with Gasteiger partial charge in [-0.1, -0.05) is 53.6 Å². The molecule has 0 aliphatic carbocycles. The largest absolute Gasteiger partial charge is 0.416 e. The number of benzene rings is 3. The van der Waals surface area contributed by atoms with Crippen LogP contribution in [0.5, 0.6) is 0 Å². The average Bonchev–Trinajstić information content (AvgIpc) is 2.65. The highest BCUT2D eigenvalue weighted by Gasteiger charge is 2.30. The molecule has 0 fully saturated rings. The lowest BCUT2D eigenvalue weighted by Gasteiger charge is -2.22. The number of nitrogens with one attached hydrogen (secondary N) is 1. The molecule has 1 atom stereocenters. The van der Waals surface area contributed by atoms with E-state index in [-0.39, 0.29) is 5.91 Å². The molecule has 2 nitrogen and oxygen atoms in total. The Bertz CT molecular complexity index is 1000. The van der Waals surface area contributed by atoms with Gasteiger partial charge in [0.2, 0.25) is 0 Å².